The minimum atomic E-state index is -0.0525. The summed E-state index contributed by atoms with van der Waals surface area (Å²) in [7, 11) is 0. The molecule has 2 aromatic carbocycles. The number of anilines is 1. The average Bonchev–Trinajstić information content (AvgIpc) is 2.77. The first kappa shape index (κ1) is 27.5. The molecule has 0 unspecified atom stereocenters. The van der Waals surface area contributed by atoms with Gasteiger partial charge in [0.05, 0.1) is 12.2 Å². The standard InChI is InChI=1S/C23H25N5O.2ClH.H2O/c29-23(24-22-12-11-21(25-26-22)20-9-5-2-6-10-20)18-28-15-13-27(14-16-28)17-19-7-3-1-4-8-19;;;/h1-12H,13-18H2,(H,24,26,29);2*1H;1H2. The molecule has 32 heavy (non-hydrogen) atoms. The van der Waals surface area contributed by atoms with Crippen LogP contribution in [0.1, 0.15) is 5.56 Å². The van der Waals surface area contributed by atoms with Gasteiger partial charge in [-0.25, -0.2) is 0 Å². The molecule has 1 amide bonds. The van der Waals surface area contributed by atoms with E-state index in [-0.39, 0.29) is 36.2 Å². The van der Waals surface area contributed by atoms with Crippen molar-refractivity contribution in [3.05, 3.63) is 78.4 Å². The van der Waals surface area contributed by atoms with Gasteiger partial charge < -0.3 is 10.8 Å². The van der Waals surface area contributed by atoms with Crippen molar-refractivity contribution in [2.75, 3.05) is 38.0 Å². The summed E-state index contributed by atoms with van der Waals surface area (Å²) in [5, 5.41) is 11.2. The number of piperazine rings is 1. The predicted octanol–water partition coefficient (Wildman–Crippen LogP) is 2.92. The first-order valence-electron chi connectivity index (χ1n) is 9.94. The molecule has 4 rings (SSSR count). The van der Waals surface area contributed by atoms with Gasteiger partial charge in [-0.3, -0.25) is 14.6 Å². The van der Waals surface area contributed by atoms with Crippen LogP contribution >= 0.6 is 24.8 Å². The number of carbonyl (C=O) groups excluding carboxylic acids is 1. The van der Waals surface area contributed by atoms with Gasteiger partial charge in [0.1, 0.15) is 0 Å². The number of carbonyl (C=O) groups is 1. The summed E-state index contributed by atoms with van der Waals surface area (Å²) in [5.74, 6) is 0.431. The highest BCUT2D eigenvalue weighted by atomic mass is 35.5. The van der Waals surface area contributed by atoms with Crippen LogP contribution in [0.5, 0.6) is 0 Å². The molecule has 0 atom stereocenters. The van der Waals surface area contributed by atoms with Crippen LogP contribution in [-0.2, 0) is 11.3 Å². The molecule has 0 bridgehead atoms. The number of amides is 1. The van der Waals surface area contributed by atoms with Gasteiger partial charge in [0.25, 0.3) is 0 Å². The highest BCUT2D eigenvalue weighted by molar-refractivity contribution is 5.91. The lowest BCUT2D eigenvalue weighted by Gasteiger charge is -2.34. The van der Waals surface area contributed by atoms with Gasteiger partial charge in [0.15, 0.2) is 5.82 Å². The largest absolute Gasteiger partial charge is 0.412 e. The summed E-state index contributed by atoms with van der Waals surface area (Å²) in [6, 6.07) is 24.0. The Morgan fingerprint density at radius 3 is 1.97 bits per heavy atom. The third kappa shape index (κ3) is 7.85. The van der Waals surface area contributed by atoms with Crippen LogP contribution in [0.2, 0.25) is 0 Å². The smallest absolute Gasteiger partial charge is 0.239 e. The Hall–Kier alpha value is -2.55. The molecule has 7 nitrogen and oxygen atoms in total. The molecule has 0 radical (unpaired) electrons. The van der Waals surface area contributed by atoms with Crippen molar-refractivity contribution in [2.24, 2.45) is 0 Å². The molecule has 0 saturated carbocycles. The summed E-state index contributed by atoms with van der Waals surface area (Å²) >= 11 is 0. The zero-order valence-electron chi connectivity index (χ0n) is 17.7. The van der Waals surface area contributed by atoms with Gasteiger partial charge >= 0.3 is 0 Å². The van der Waals surface area contributed by atoms with Crippen molar-refractivity contribution < 1.29 is 10.3 Å². The highest BCUT2D eigenvalue weighted by Crippen LogP contribution is 2.16. The maximum absolute atomic E-state index is 12.4. The van der Waals surface area contributed by atoms with E-state index >= 15 is 0 Å². The van der Waals surface area contributed by atoms with Crippen LogP contribution in [0.25, 0.3) is 11.3 Å². The van der Waals surface area contributed by atoms with Gasteiger partial charge in [0.2, 0.25) is 5.91 Å². The van der Waals surface area contributed by atoms with E-state index in [0.29, 0.717) is 12.4 Å². The first-order chi connectivity index (χ1) is 14.3. The van der Waals surface area contributed by atoms with Crippen LogP contribution < -0.4 is 5.32 Å². The number of benzene rings is 2. The van der Waals surface area contributed by atoms with Crippen LogP contribution in [0.4, 0.5) is 5.82 Å². The lowest BCUT2D eigenvalue weighted by Crippen LogP contribution is -2.48. The molecule has 9 heteroatoms. The molecule has 0 spiro atoms. The van der Waals surface area contributed by atoms with E-state index in [9.17, 15) is 4.79 Å². The number of nitrogens with one attached hydrogen (secondary N) is 1. The summed E-state index contributed by atoms with van der Waals surface area (Å²) in [6.07, 6.45) is 0. The third-order valence-corrected chi connectivity index (χ3v) is 5.08. The van der Waals surface area contributed by atoms with Crippen LogP contribution in [-0.4, -0.2) is 64.1 Å². The van der Waals surface area contributed by atoms with Crippen molar-refractivity contribution in [2.45, 2.75) is 6.54 Å². The Morgan fingerprint density at radius 1 is 0.781 bits per heavy atom. The summed E-state index contributed by atoms with van der Waals surface area (Å²) in [5.41, 5.74) is 3.13. The monoisotopic (exact) mass is 477 g/mol. The van der Waals surface area contributed by atoms with Crippen molar-refractivity contribution >= 4 is 36.5 Å². The van der Waals surface area contributed by atoms with Crippen molar-refractivity contribution in [1.29, 1.82) is 0 Å². The predicted molar refractivity (Wildman–Crippen MR) is 132 cm³/mol. The van der Waals surface area contributed by atoms with Crippen LogP contribution in [0, 0.1) is 0 Å². The lowest BCUT2D eigenvalue weighted by atomic mass is 10.1. The molecule has 1 fully saturated rings. The quantitative estimate of drug-likeness (QED) is 0.588. The molecular weight excluding hydrogens is 449 g/mol. The number of hydrogen-bond donors (Lipinski definition) is 1. The Labute approximate surface area is 201 Å². The van der Waals surface area contributed by atoms with Gasteiger partial charge in [-0.1, -0.05) is 60.7 Å². The van der Waals surface area contributed by atoms with E-state index in [2.05, 4.69) is 49.6 Å². The Morgan fingerprint density at radius 2 is 1.38 bits per heavy atom. The fraction of sp³-hybridized carbons (Fsp3) is 0.261. The van der Waals surface area contributed by atoms with Gasteiger partial charge in [-0.15, -0.1) is 35.0 Å². The second kappa shape index (κ2) is 13.8. The first-order valence-corrected chi connectivity index (χ1v) is 9.94. The van der Waals surface area contributed by atoms with Crippen LogP contribution in [0.15, 0.2) is 72.8 Å². The number of halogens is 2. The topological polar surface area (TPSA) is 92.9 Å². The second-order valence-corrected chi connectivity index (χ2v) is 7.26. The van der Waals surface area contributed by atoms with Gasteiger partial charge in [0, 0.05) is 38.3 Å². The summed E-state index contributed by atoms with van der Waals surface area (Å²) in [4.78, 5) is 17.0. The minimum Gasteiger partial charge on any atom is -0.412 e. The van der Waals surface area contributed by atoms with E-state index in [0.717, 1.165) is 44.0 Å². The molecule has 3 N–H and O–H groups in total. The minimum absolute atomic E-state index is 0. The van der Waals surface area contributed by atoms with Crippen molar-refractivity contribution in [1.82, 2.24) is 20.0 Å². The number of aromatic nitrogens is 2. The lowest BCUT2D eigenvalue weighted by molar-refractivity contribution is -0.117. The molecule has 1 aliphatic rings. The molecule has 0 aliphatic carbocycles. The molecular formula is C23H29Cl2N5O2. The van der Waals surface area contributed by atoms with E-state index in [1.165, 1.54) is 5.56 Å². The SMILES string of the molecule is Cl.Cl.O.O=C(CN1CCN(Cc2ccccc2)CC1)Nc1ccc(-c2ccccc2)nn1. The molecule has 2 heterocycles. The van der Waals surface area contributed by atoms with E-state index in [4.69, 9.17) is 0 Å². The number of hydrogen-bond acceptors (Lipinski definition) is 5. The Kier molecular flexibility index (Phi) is 11.8. The Balaban J connectivity index is 0.00000171. The fourth-order valence-electron chi connectivity index (χ4n) is 3.49. The van der Waals surface area contributed by atoms with E-state index in [1.54, 1.807) is 6.07 Å². The van der Waals surface area contributed by atoms with E-state index in [1.807, 2.05) is 42.5 Å². The molecule has 172 valence electrons. The molecule has 1 saturated heterocycles. The van der Waals surface area contributed by atoms with Crippen molar-refractivity contribution in [3.63, 3.8) is 0 Å². The van der Waals surface area contributed by atoms with Gasteiger partial charge in [-0.2, -0.15) is 0 Å². The zero-order chi connectivity index (χ0) is 19.9. The number of nitrogens with zero attached hydrogens (tertiary/aromatic N) is 4. The second-order valence-electron chi connectivity index (χ2n) is 7.26. The van der Waals surface area contributed by atoms with E-state index < -0.39 is 0 Å². The molecule has 3 aromatic rings. The third-order valence-electron chi connectivity index (χ3n) is 5.08. The molecule has 1 aliphatic heterocycles. The average molecular weight is 478 g/mol. The summed E-state index contributed by atoms with van der Waals surface area (Å²) < 4.78 is 0. The summed E-state index contributed by atoms with van der Waals surface area (Å²) in [6.45, 7) is 5.05. The highest BCUT2D eigenvalue weighted by Gasteiger charge is 2.19. The van der Waals surface area contributed by atoms with Crippen LogP contribution in [0.3, 0.4) is 0 Å². The fourth-order valence-corrected chi connectivity index (χ4v) is 3.49. The molecule has 1 aromatic heterocycles. The zero-order valence-corrected chi connectivity index (χ0v) is 19.3. The normalized spacial score (nSPS) is 13.8. The van der Waals surface area contributed by atoms with Crippen molar-refractivity contribution in [3.8, 4) is 11.3 Å². The van der Waals surface area contributed by atoms with Gasteiger partial charge in [-0.05, 0) is 17.7 Å². The maximum Gasteiger partial charge on any atom is 0.239 e. The maximum atomic E-state index is 12.4. The number of rotatable bonds is 6. The Bertz CT molecular complexity index is 922.